The second-order valence-corrected chi connectivity index (χ2v) is 4.59. The van der Waals surface area contributed by atoms with E-state index in [1.54, 1.807) is 17.6 Å². The molecule has 0 unspecified atom stereocenters. The van der Waals surface area contributed by atoms with Crippen molar-refractivity contribution in [3.8, 4) is 10.8 Å². The summed E-state index contributed by atoms with van der Waals surface area (Å²) in [7, 11) is 0. The Morgan fingerprint density at radius 3 is 2.79 bits per heavy atom. The normalized spacial score (nSPS) is 11.9. The Balaban J connectivity index is 2.36. The summed E-state index contributed by atoms with van der Waals surface area (Å²) in [6, 6.07) is 3.75. The van der Waals surface area contributed by atoms with Crippen molar-refractivity contribution in [2.45, 2.75) is 19.4 Å². The van der Waals surface area contributed by atoms with E-state index >= 15 is 0 Å². The number of nitrogens with two attached hydrogens (primary N) is 1. The SMILES string of the molecule is CC(C)(N)c1csc(-c2ccco2)n1. The highest BCUT2D eigenvalue weighted by atomic mass is 32.1. The molecule has 2 N–H and O–H groups in total. The number of hydrogen-bond acceptors (Lipinski definition) is 4. The van der Waals surface area contributed by atoms with Gasteiger partial charge in [-0.05, 0) is 26.0 Å². The molecule has 0 fully saturated rings. The number of nitrogens with zero attached hydrogens (tertiary/aromatic N) is 1. The molecule has 0 radical (unpaired) electrons. The van der Waals surface area contributed by atoms with Gasteiger partial charge in [-0.1, -0.05) is 0 Å². The number of rotatable bonds is 2. The maximum absolute atomic E-state index is 5.94. The first kappa shape index (κ1) is 9.43. The number of aromatic nitrogens is 1. The largest absolute Gasteiger partial charge is 0.462 e. The van der Waals surface area contributed by atoms with E-state index in [0.29, 0.717) is 0 Å². The van der Waals surface area contributed by atoms with Crippen molar-refractivity contribution in [2.24, 2.45) is 5.73 Å². The monoisotopic (exact) mass is 208 g/mol. The van der Waals surface area contributed by atoms with Gasteiger partial charge in [-0.15, -0.1) is 11.3 Å². The maximum Gasteiger partial charge on any atom is 0.162 e. The summed E-state index contributed by atoms with van der Waals surface area (Å²) < 4.78 is 5.25. The van der Waals surface area contributed by atoms with Crippen molar-refractivity contribution in [3.05, 3.63) is 29.5 Å². The molecule has 74 valence electrons. The highest BCUT2D eigenvalue weighted by Crippen LogP contribution is 2.27. The van der Waals surface area contributed by atoms with Gasteiger partial charge in [0.05, 0.1) is 17.5 Å². The zero-order valence-corrected chi connectivity index (χ0v) is 8.97. The standard InChI is InChI=1S/C10H12N2OS/c1-10(2,11)8-6-14-9(12-8)7-4-3-5-13-7/h3-6H,11H2,1-2H3. The van der Waals surface area contributed by atoms with Gasteiger partial charge in [0.25, 0.3) is 0 Å². The highest BCUT2D eigenvalue weighted by Gasteiger charge is 2.18. The van der Waals surface area contributed by atoms with Gasteiger partial charge in [0.2, 0.25) is 0 Å². The van der Waals surface area contributed by atoms with Crippen LogP contribution in [0.25, 0.3) is 10.8 Å². The van der Waals surface area contributed by atoms with Crippen LogP contribution in [0, 0.1) is 0 Å². The predicted molar refractivity (Wildman–Crippen MR) is 57.0 cm³/mol. The Hall–Kier alpha value is -1.13. The van der Waals surface area contributed by atoms with E-state index in [0.717, 1.165) is 16.5 Å². The van der Waals surface area contributed by atoms with Crippen LogP contribution in [0.2, 0.25) is 0 Å². The van der Waals surface area contributed by atoms with Crippen molar-refractivity contribution in [2.75, 3.05) is 0 Å². The lowest BCUT2D eigenvalue weighted by molar-refractivity contribution is 0.537. The molecule has 0 aliphatic heterocycles. The highest BCUT2D eigenvalue weighted by molar-refractivity contribution is 7.13. The molecule has 0 bridgehead atoms. The summed E-state index contributed by atoms with van der Waals surface area (Å²) in [5.41, 5.74) is 6.45. The Kier molecular flexibility index (Phi) is 2.17. The van der Waals surface area contributed by atoms with Crippen LogP contribution in [0.1, 0.15) is 19.5 Å². The minimum Gasteiger partial charge on any atom is -0.462 e. The van der Waals surface area contributed by atoms with E-state index in [4.69, 9.17) is 10.2 Å². The Bertz CT molecular complexity index is 412. The molecule has 0 saturated carbocycles. The van der Waals surface area contributed by atoms with E-state index in [9.17, 15) is 0 Å². The lowest BCUT2D eigenvalue weighted by Gasteiger charge is -2.14. The van der Waals surface area contributed by atoms with Crippen molar-refractivity contribution < 1.29 is 4.42 Å². The van der Waals surface area contributed by atoms with Crippen LogP contribution in [-0.2, 0) is 5.54 Å². The van der Waals surface area contributed by atoms with Gasteiger partial charge in [-0.3, -0.25) is 0 Å². The quantitative estimate of drug-likeness (QED) is 0.825. The van der Waals surface area contributed by atoms with E-state index in [2.05, 4.69) is 4.98 Å². The summed E-state index contributed by atoms with van der Waals surface area (Å²) in [5, 5.41) is 2.85. The Labute approximate surface area is 86.6 Å². The first-order valence-electron chi connectivity index (χ1n) is 4.36. The zero-order chi connectivity index (χ0) is 10.2. The summed E-state index contributed by atoms with van der Waals surface area (Å²) in [6.07, 6.45) is 1.64. The van der Waals surface area contributed by atoms with E-state index in [1.807, 2.05) is 31.4 Å². The fourth-order valence-corrected chi connectivity index (χ4v) is 2.05. The molecule has 14 heavy (non-hydrogen) atoms. The van der Waals surface area contributed by atoms with Gasteiger partial charge >= 0.3 is 0 Å². The number of furan rings is 1. The zero-order valence-electron chi connectivity index (χ0n) is 8.15. The molecule has 0 saturated heterocycles. The average Bonchev–Trinajstić information content (AvgIpc) is 2.73. The summed E-state index contributed by atoms with van der Waals surface area (Å²) in [5.74, 6) is 0.797. The lowest BCUT2D eigenvalue weighted by Crippen LogP contribution is -2.28. The Morgan fingerprint density at radius 2 is 2.29 bits per heavy atom. The minimum atomic E-state index is -0.388. The van der Waals surface area contributed by atoms with Gasteiger partial charge in [0.15, 0.2) is 10.8 Å². The minimum absolute atomic E-state index is 0.388. The van der Waals surface area contributed by atoms with Crippen LogP contribution in [-0.4, -0.2) is 4.98 Å². The smallest absolute Gasteiger partial charge is 0.162 e. The van der Waals surface area contributed by atoms with Gasteiger partial charge in [0, 0.05) is 5.38 Å². The molecule has 0 aromatic carbocycles. The van der Waals surface area contributed by atoms with Gasteiger partial charge in [0.1, 0.15) is 0 Å². The molecule has 4 heteroatoms. The summed E-state index contributed by atoms with van der Waals surface area (Å²) in [4.78, 5) is 4.42. The fraction of sp³-hybridized carbons (Fsp3) is 0.300. The van der Waals surface area contributed by atoms with E-state index in [-0.39, 0.29) is 5.54 Å². The molecule has 3 nitrogen and oxygen atoms in total. The predicted octanol–water partition coefficient (Wildman–Crippen LogP) is 2.60. The molecule has 0 amide bonds. The van der Waals surface area contributed by atoms with Crippen molar-refractivity contribution in [1.29, 1.82) is 0 Å². The molecular formula is C10H12N2OS. The molecule has 2 aromatic rings. The summed E-state index contributed by atoms with van der Waals surface area (Å²) in [6.45, 7) is 3.88. The first-order chi connectivity index (χ1) is 6.57. The average molecular weight is 208 g/mol. The molecule has 0 spiro atoms. The van der Waals surface area contributed by atoms with Crippen molar-refractivity contribution in [1.82, 2.24) is 4.98 Å². The van der Waals surface area contributed by atoms with Crippen LogP contribution < -0.4 is 5.73 Å². The molecule has 0 aliphatic rings. The molecule has 2 heterocycles. The molecule has 0 atom stereocenters. The third kappa shape index (κ3) is 1.71. The first-order valence-corrected chi connectivity index (χ1v) is 5.24. The Morgan fingerprint density at radius 1 is 1.50 bits per heavy atom. The molecule has 2 rings (SSSR count). The van der Waals surface area contributed by atoms with Crippen LogP contribution in [0.3, 0.4) is 0 Å². The van der Waals surface area contributed by atoms with E-state index < -0.39 is 0 Å². The van der Waals surface area contributed by atoms with Crippen LogP contribution >= 0.6 is 11.3 Å². The van der Waals surface area contributed by atoms with Crippen LogP contribution in [0.15, 0.2) is 28.2 Å². The summed E-state index contributed by atoms with van der Waals surface area (Å²) >= 11 is 1.55. The number of thiazole rings is 1. The second-order valence-electron chi connectivity index (χ2n) is 3.74. The van der Waals surface area contributed by atoms with Gasteiger partial charge in [-0.2, -0.15) is 0 Å². The van der Waals surface area contributed by atoms with Crippen molar-refractivity contribution in [3.63, 3.8) is 0 Å². The second kappa shape index (κ2) is 3.22. The van der Waals surface area contributed by atoms with E-state index in [1.165, 1.54) is 0 Å². The van der Waals surface area contributed by atoms with Gasteiger partial charge < -0.3 is 10.2 Å². The lowest BCUT2D eigenvalue weighted by atomic mass is 10.0. The molecular weight excluding hydrogens is 196 g/mol. The molecule has 0 aliphatic carbocycles. The number of hydrogen-bond donors (Lipinski definition) is 1. The third-order valence-electron chi connectivity index (χ3n) is 1.90. The maximum atomic E-state index is 5.94. The van der Waals surface area contributed by atoms with Crippen LogP contribution in [0.4, 0.5) is 0 Å². The topological polar surface area (TPSA) is 52.0 Å². The van der Waals surface area contributed by atoms with Crippen LogP contribution in [0.5, 0.6) is 0 Å². The van der Waals surface area contributed by atoms with Crippen molar-refractivity contribution >= 4 is 11.3 Å². The molecule has 2 aromatic heterocycles. The van der Waals surface area contributed by atoms with Gasteiger partial charge in [-0.25, -0.2) is 4.98 Å². The third-order valence-corrected chi connectivity index (χ3v) is 2.75. The fourth-order valence-electron chi connectivity index (χ4n) is 1.08.